The van der Waals surface area contributed by atoms with Crippen LogP contribution in [-0.4, -0.2) is 35.4 Å². The van der Waals surface area contributed by atoms with E-state index in [1.165, 1.54) is 0 Å². The van der Waals surface area contributed by atoms with E-state index in [2.05, 4.69) is 24.5 Å². The Morgan fingerprint density at radius 3 is 2.32 bits per heavy atom. The molecule has 0 saturated carbocycles. The maximum absolute atomic E-state index is 12.7. The summed E-state index contributed by atoms with van der Waals surface area (Å²) in [4.78, 5) is 12.7. The summed E-state index contributed by atoms with van der Waals surface area (Å²) in [5.74, 6) is -0.165. The van der Waals surface area contributed by atoms with Gasteiger partial charge in [-0.2, -0.15) is 0 Å². The van der Waals surface area contributed by atoms with Gasteiger partial charge in [-0.3, -0.25) is 4.79 Å². The second-order valence-corrected chi connectivity index (χ2v) is 5.91. The van der Waals surface area contributed by atoms with E-state index in [0.717, 1.165) is 35.3 Å². The van der Waals surface area contributed by atoms with Crippen molar-refractivity contribution in [3.63, 3.8) is 0 Å². The Bertz CT molecular complexity index is 694. The van der Waals surface area contributed by atoms with Crippen molar-refractivity contribution in [2.75, 3.05) is 23.8 Å². The summed E-state index contributed by atoms with van der Waals surface area (Å²) in [7, 11) is 0. The van der Waals surface area contributed by atoms with Gasteiger partial charge in [0.25, 0.3) is 5.91 Å². The fourth-order valence-corrected chi connectivity index (χ4v) is 2.66. The molecule has 2 aromatic rings. The number of aliphatic hydroxyl groups excluding tert-OH is 2. The number of amides is 1. The number of anilines is 2. The molecule has 0 saturated heterocycles. The summed E-state index contributed by atoms with van der Waals surface area (Å²) in [6, 6.07) is 13.2. The van der Waals surface area contributed by atoms with Crippen molar-refractivity contribution in [1.82, 2.24) is 0 Å². The average molecular weight is 342 g/mol. The summed E-state index contributed by atoms with van der Waals surface area (Å²) < 4.78 is 0. The number of aliphatic hydroxyl groups is 2. The number of benzene rings is 2. The highest BCUT2D eigenvalue weighted by Gasteiger charge is 2.12. The number of nitrogens with one attached hydrogen (secondary N) is 2. The molecule has 0 fully saturated rings. The summed E-state index contributed by atoms with van der Waals surface area (Å²) >= 11 is 0. The first-order chi connectivity index (χ1) is 12.1. The Hall–Kier alpha value is -2.37. The van der Waals surface area contributed by atoms with Crippen LogP contribution in [0.4, 0.5) is 11.4 Å². The molecule has 0 spiro atoms. The number of aryl methyl sites for hydroxylation is 2. The second kappa shape index (κ2) is 9.20. The normalized spacial score (nSPS) is 11.8. The topological polar surface area (TPSA) is 81.6 Å². The molecule has 1 amide bonds. The lowest BCUT2D eigenvalue weighted by atomic mass is 10.0. The lowest BCUT2D eigenvalue weighted by Crippen LogP contribution is -2.23. The maximum Gasteiger partial charge on any atom is 0.255 e. The van der Waals surface area contributed by atoms with Gasteiger partial charge in [0.2, 0.25) is 0 Å². The molecule has 4 N–H and O–H groups in total. The summed E-state index contributed by atoms with van der Waals surface area (Å²) in [5.41, 5.74) is 4.39. The zero-order chi connectivity index (χ0) is 18.2. The number of hydrogen-bond donors (Lipinski definition) is 4. The minimum absolute atomic E-state index is 0.165. The van der Waals surface area contributed by atoms with Crippen LogP contribution in [0.3, 0.4) is 0 Å². The van der Waals surface area contributed by atoms with Crippen LogP contribution in [0.2, 0.25) is 0 Å². The van der Waals surface area contributed by atoms with E-state index in [9.17, 15) is 9.90 Å². The first kappa shape index (κ1) is 19.0. The molecule has 0 heterocycles. The third kappa shape index (κ3) is 5.05. The van der Waals surface area contributed by atoms with Crippen molar-refractivity contribution in [3.05, 3.63) is 59.2 Å². The van der Waals surface area contributed by atoms with Crippen LogP contribution in [-0.2, 0) is 12.8 Å². The Labute approximate surface area is 148 Å². The number of rotatable bonds is 8. The molecule has 2 rings (SSSR count). The Morgan fingerprint density at radius 2 is 1.72 bits per heavy atom. The molecule has 1 atom stereocenters. The Balaban J connectivity index is 2.16. The molecule has 0 aromatic heterocycles. The third-order valence-electron chi connectivity index (χ3n) is 4.11. The van der Waals surface area contributed by atoms with Gasteiger partial charge in [-0.05, 0) is 42.2 Å². The van der Waals surface area contributed by atoms with Crippen LogP contribution in [0.15, 0.2) is 42.5 Å². The quantitative estimate of drug-likeness (QED) is 0.595. The molecular formula is C20H26N2O3. The van der Waals surface area contributed by atoms with Gasteiger partial charge in [0.1, 0.15) is 0 Å². The fourth-order valence-electron chi connectivity index (χ4n) is 2.66. The van der Waals surface area contributed by atoms with Crippen molar-refractivity contribution in [2.45, 2.75) is 32.8 Å². The summed E-state index contributed by atoms with van der Waals surface area (Å²) in [6.07, 6.45) is 0.870. The number of hydrogen-bond acceptors (Lipinski definition) is 4. The van der Waals surface area contributed by atoms with Crippen LogP contribution in [0.5, 0.6) is 0 Å². The second-order valence-electron chi connectivity index (χ2n) is 5.91. The van der Waals surface area contributed by atoms with Gasteiger partial charge < -0.3 is 20.8 Å². The monoisotopic (exact) mass is 342 g/mol. The van der Waals surface area contributed by atoms with Crippen LogP contribution in [0.1, 0.15) is 35.3 Å². The summed E-state index contributed by atoms with van der Waals surface area (Å²) in [5, 5.41) is 24.3. The molecular weight excluding hydrogens is 316 g/mol. The predicted octanol–water partition coefficient (Wildman–Crippen LogP) is 2.83. The van der Waals surface area contributed by atoms with E-state index in [-0.39, 0.29) is 19.1 Å². The standard InChI is InChI=1S/C20H26N2O3/c1-3-14-7-5-8-15(4-2)19(14)22-20(25)16-9-6-10-17(11-16)21-12-18(24)13-23/h5-11,18,21,23-24H,3-4,12-13H2,1-2H3,(H,22,25). The van der Waals surface area contributed by atoms with Gasteiger partial charge in [-0.1, -0.05) is 38.1 Å². The molecule has 134 valence electrons. The molecule has 1 unspecified atom stereocenters. The van der Waals surface area contributed by atoms with E-state index in [1.54, 1.807) is 18.2 Å². The third-order valence-corrected chi connectivity index (χ3v) is 4.11. The molecule has 2 aromatic carbocycles. The van der Waals surface area contributed by atoms with Gasteiger partial charge in [0.15, 0.2) is 0 Å². The van der Waals surface area contributed by atoms with E-state index >= 15 is 0 Å². The molecule has 0 aliphatic carbocycles. The number of carbonyl (C=O) groups excluding carboxylic acids is 1. The highest BCUT2D eigenvalue weighted by molar-refractivity contribution is 6.05. The van der Waals surface area contributed by atoms with E-state index in [0.29, 0.717) is 5.56 Å². The van der Waals surface area contributed by atoms with Crippen LogP contribution < -0.4 is 10.6 Å². The van der Waals surface area contributed by atoms with Gasteiger partial charge in [-0.15, -0.1) is 0 Å². The Kier molecular flexibility index (Phi) is 6.98. The average Bonchev–Trinajstić information content (AvgIpc) is 2.66. The van der Waals surface area contributed by atoms with Crippen LogP contribution in [0, 0.1) is 0 Å². The molecule has 25 heavy (non-hydrogen) atoms. The Morgan fingerprint density at radius 1 is 1.08 bits per heavy atom. The van der Waals surface area contributed by atoms with Gasteiger partial charge in [0, 0.05) is 23.5 Å². The lowest BCUT2D eigenvalue weighted by Gasteiger charge is -2.15. The van der Waals surface area contributed by atoms with Crippen molar-refractivity contribution in [1.29, 1.82) is 0 Å². The molecule has 0 bridgehead atoms. The largest absolute Gasteiger partial charge is 0.394 e. The molecule has 0 radical (unpaired) electrons. The van der Waals surface area contributed by atoms with Crippen molar-refractivity contribution >= 4 is 17.3 Å². The zero-order valence-electron chi connectivity index (χ0n) is 14.7. The fraction of sp³-hybridized carbons (Fsp3) is 0.350. The highest BCUT2D eigenvalue weighted by Crippen LogP contribution is 2.23. The summed E-state index contributed by atoms with van der Waals surface area (Å²) in [6.45, 7) is 4.06. The van der Waals surface area contributed by atoms with Crippen molar-refractivity contribution < 1.29 is 15.0 Å². The van der Waals surface area contributed by atoms with Crippen LogP contribution in [0.25, 0.3) is 0 Å². The van der Waals surface area contributed by atoms with Crippen molar-refractivity contribution in [2.24, 2.45) is 0 Å². The first-order valence-corrected chi connectivity index (χ1v) is 8.64. The van der Waals surface area contributed by atoms with E-state index in [1.807, 2.05) is 24.3 Å². The smallest absolute Gasteiger partial charge is 0.255 e. The maximum atomic E-state index is 12.7. The lowest BCUT2D eigenvalue weighted by molar-refractivity contribution is 0.102. The molecule has 0 aliphatic heterocycles. The zero-order valence-corrected chi connectivity index (χ0v) is 14.7. The highest BCUT2D eigenvalue weighted by atomic mass is 16.3. The van der Waals surface area contributed by atoms with Gasteiger partial charge >= 0.3 is 0 Å². The van der Waals surface area contributed by atoms with Crippen molar-refractivity contribution in [3.8, 4) is 0 Å². The number of para-hydroxylation sites is 1. The van der Waals surface area contributed by atoms with Gasteiger partial charge in [-0.25, -0.2) is 0 Å². The minimum atomic E-state index is -0.832. The van der Waals surface area contributed by atoms with Gasteiger partial charge in [0.05, 0.1) is 12.7 Å². The SMILES string of the molecule is CCc1cccc(CC)c1NC(=O)c1cccc(NCC(O)CO)c1. The minimum Gasteiger partial charge on any atom is -0.394 e. The first-order valence-electron chi connectivity index (χ1n) is 8.64. The number of carbonyl (C=O) groups is 1. The molecule has 5 nitrogen and oxygen atoms in total. The molecule has 0 aliphatic rings. The van der Waals surface area contributed by atoms with E-state index in [4.69, 9.17) is 5.11 Å². The molecule has 5 heteroatoms. The van der Waals surface area contributed by atoms with E-state index < -0.39 is 6.10 Å². The van der Waals surface area contributed by atoms with Crippen LogP contribution >= 0.6 is 0 Å². The predicted molar refractivity (Wildman–Crippen MR) is 101 cm³/mol.